The number of fused-ring (bicyclic) bond motifs is 1. The third-order valence-electron chi connectivity index (χ3n) is 4.85. The Morgan fingerprint density at radius 2 is 1.81 bits per heavy atom. The van der Waals surface area contributed by atoms with Gasteiger partial charge in [0.05, 0.1) is 5.56 Å². The number of rotatable bonds is 4. The van der Waals surface area contributed by atoms with Gasteiger partial charge in [-0.05, 0) is 29.8 Å². The Labute approximate surface area is 151 Å². The van der Waals surface area contributed by atoms with Crippen LogP contribution in [0.3, 0.4) is 0 Å². The lowest BCUT2D eigenvalue weighted by atomic mass is 9.92. The van der Waals surface area contributed by atoms with Crippen molar-refractivity contribution in [3.05, 3.63) is 59.9 Å². The van der Waals surface area contributed by atoms with E-state index in [1.165, 1.54) is 12.1 Å². The van der Waals surface area contributed by atoms with Crippen molar-refractivity contribution in [3.8, 4) is 0 Å². The zero-order chi connectivity index (χ0) is 18.3. The predicted molar refractivity (Wildman–Crippen MR) is 92.8 cm³/mol. The van der Waals surface area contributed by atoms with Crippen LogP contribution in [0.4, 0.5) is 0 Å². The fourth-order valence-electron chi connectivity index (χ4n) is 3.34. The smallest absolute Gasteiger partial charge is 0.269 e. The molecule has 1 fully saturated rings. The average Bonchev–Trinajstić information content (AvgIpc) is 2.80. The van der Waals surface area contributed by atoms with Crippen LogP contribution in [-0.4, -0.2) is 54.1 Å². The maximum atomic E-state index is 12.5. The number of sulfonamides is 1. The molecule has 0 N–H and O–H groups in total. The Bertz CT molecular complexity index is 969. The number of benzene rings is 1. The van der Waals surface area contributed by atoms with Crippen molar-refractivity contribution in [2.24, 2.45) is 0 Å². The quantitative estimate of drug-likeness (QED) is 0.807. The molecule has 2 aliphatic heterocycles. The largest absolute Gasteiger partial charge is 0.341 e. The number of hydrogen-bond donors (Lipinski definition) is 0. The summed E-state index contributed by atoms with van der Waals surface area (Å²) in [6.07, 6.45) is 3.44. The number of carbonyl (C=O) groups is 2. The zero-order valence-corrected chi connectivity index (χ0v) is 14.7. The molecule has 2 aromatic rings. The van der Waals surface area contributed by atoms with Gasteiger partial charge in [-0.3, -0.25) is 14.6 Å². The summed E-state index contributed by atoms with van der Waals surface area (Å²) in [4.78, 5) is 30.3. The maximum absolute atomic E-state index is 12.5. The standard InChI is InChI=1S/C18H17N3O4S/c22-17(20-11-14(12-20)13-5-8-19-9-6-13)7-10-21-18(23)15-3-1-2-4-16(15)26(21,24)25/h1-6,8-9,14H,7,10-12H2. The van der Waals surface area contributed by atoms with Crippen molar-refractivity contribution in [2.45, 2.75) is 17.2 Å². The number of pyridine rings is 1. The van der Waals surface area contributed by atoms with E-state index in [1.54, 1.807) is 29.4 Å². The van der Waals surface area contributed by atoms with E-state index in [9.17, 15) is 18.0 Å². The maximum Gasteiger partial charge on any atom is 0.269 e. The Balaban J connectivity index is 1.37. The third-order valence-corrected chi connectivity index (χ3v) is 6.69. The molecule has 0 unspecified atom stereocenters. The molecule has 1 aromatic heterocycles. The molecule has 2 aliphatic rings. The molecule has 134 valence electrons. The Morgan fingerprint density at radius 3 is 2.50 bits per heavy atom. The minimum atomic E-state index is -3.85. The Hall–Kier alpha value is -2.74. The highest BCUT2D eigenvalue weighted by molar-refractivity contribution is 7.90. The molecule has 1 aromatic carbocycles. The number of nitrogens with zero attached hydrogens (tertiary/aromatic N) is 3. The highest BCUT2D eigenvalue weighted by Gasteiger charge is 2.41. The second kappa shape index (κ2) is 6.21. The monoisotopic (exact) mass is 371 g/mol. The van der Waals surface area contributed by atoms with Crippen molar-refractivity contribution in [3.63, 3.8) is 0 Å². The van der Waals surface area contributed by atoms with Crippen LogP contribution in [-0.2, 0) is 14.8 Å². The lowest BCUT2D eigenvalue weighted by Gasteiger charge is -2.39. The summed E-state index contributed by atoms with van der Waals surface area (Å²) in [5, 5.41) is 0. The van der Waals surface area contributed by atoms with Crippen LogP contribution in [0.25, 0.3) is 0 Å². The summed E-state index contributed by atoms with van der Waals surface area (Å²) >= 11 is 0. The molecule has 0 aliphatic carbocycles. The molecule has 0 atom stereocenters. The van der Waals surface area contributed by atoms with Crippen molar-refractivity contribution in [1.29, 1.82) is 0 Å². The van der Waals surface area contributed by atoms with Crippen molar-refractivity contribution >= 4 is 21.8 Å². The van der Waals surface area contributed by atoms with E-state index in [0.717, 1.165) is 9.87 Å². The third kappa shape index (κ3) is 2.66. The van der Waals surface area contributed by atoms with Gasteiger partial charge in [-0.15, -0.1) is 0 Å². The first-order chi connectivity index (χ1) is 12.5. The van der Waals surface area contributed by atoms with Crippen molar-refractivity contribution < 1.29 is 18.0 Å². The second-order valence-electron chi connectivity index (χ2n) is 6.40. The first kappa shape index (κ1) is 16.7. The first-order valence-corrected chi connectivity index (χ1v) is 9.76. The van der Waals surface area contributed by atoms with Crippen molar-refractivity contribution in [1.82, 2.24) is 14.2 Å². The molecule has 0 saturated carbocycles. The predicted octanol–water partition coefficient (Wildman–Crippen LogP) is 1.24. The van der Waals surface area contributed by atoms with Crippen LogP contribution in [0.15, 0.2) is 53.7 Å². The molecular weight excluding hydrogens is 354 g/mol. The molecular formula is C18H17N3O4S. The van der Waals surface area contributed by atoms with Gasteiger partial charge in [-0.2, -0.15) is 0 Å². The SMILES string of the molecule is O=C(CCN1C(=O)c2ccccc2S1(=O)=O)N1CC(c2ccncc2)C1. The van der Waals surface area contributed by atoms with E-state index in [4.69, 9.17) is 0 Å². The summed E-state index contributed by atoms with van der Waals surface area (Å²) < 4.78 is 25.7. The highest BCUT2D eigenvalue weighted by Crippen LogP contribution is 2.31. The Kier molecular flexibility index (Phi) is 3.99. The molecule has 0 bridgehead atoms. The molecule has 0 radical (unpaired) electrons. The number of likely N-dealkylation sites (tertiary alicyclic amines) is 1. The fourth-order valence-corrected chi connectivity index (χ4v) is 4.91. The molecule has 7 nitrogen and oxygen atoms in total. The van der Waals surface area contributed by atoms with E-state index in [0.29, 0.717) is 13.1 Å². The van der Waals surface area contributed by atoms with E-state index in [2.05, 4.69) is 4.98 Å². The van der Waals surface area contributed by atoms with Gasteiger partial charge in [0, 0.05) is 44.4 Å². The minimum Gasteiger partial charge on any atom is -0.341 e. The first-order valence-electron chi connectivity index (χ1n) is 8.32. The van der Waals surface area contributed by atoms with Crippen LogP contribution in [0.1, 0.15) is 28.3 Å². The fraction of sp³-hybridized carbons (Fsp3) is 0.278. The van der Waals surface area contributed by atoms with Gasteiger partial charge in [0.2, 0.25) is 5.91 Å². The highest BCUT2D eigenvalue weighted by atomic mass is 32.2. The van der Waals surface area contributed by atoms with Crippen LogP contribution < -0.4 is 0 Å². The molecule has 2 amide bonds. The van der Waals surface area contributed by atoms with Gasteiger partial charge >= 0.3 is 0 Å². The van der Waals surface area contributed by atoms with Crippen LogP contribution in [0, 0.1) is 0 Å². The van der Waals surface area contributed by atoms with Crippen molar-refractivity contribution in [2.75, 3.05) is 19.6 Å². The molecule has 26 heavy (non-hydrogen) atoms. The topological polar surface area (TPSA) is 87.7 Å². The van der Waals surface area contributed by atoms with E-state index >= 15 is 0 Å². The second-order valence-corrected chi connectivity index (χ2v) is 8.24. The van der Waals surface area contributed by atoms with E-state index < -0.39 is 15.9 Å². The van der Waals surface area contributed by atoms with Gasteiger partial charge in [0.25, 0.3) is 15.9 Å². The summed E-state index contributed by atoms with van der Waals surface area (Å²) in [5.74, 6) is -0.427. The lowest BCUT2D eigenvalue weighted by molar-refractivity contribution is -0.135. The summed E-state index contributed by atoms with van der Waals surface area (Å²) in [7, 11) is -3.85. The number of hydrogen-bond acceptors (Lipinski definition) is 5. The summed E-state index contributed by atoms with van der Waals surface area (Å²) in [6, 6.07) is 9.97. The van der Waals surface area contributed by atoms with Gasteiger partial charge in [0.1, 0.15) is 4.90 Å². The molecule has 0 spiro atoms. The number of amides is 2. The van der Waals surface area contributed by atoms with Gasteiger partial charge in [-0.25, -0.2) is 12.7 Å². The van der Waals surface area contributed by atoms with Crippen LogP contribution >= 0.6 is 0 Å². The average molecular weight is 371 g/mol. The molecule has 4 rings (SSSR count). The number of carbonyl (C=O) groups excluding carboxylic acids is 2. The normalized spacial score (nSPS) is 18.5. The molecule has 3 heterocycles. The minimum absolute atomic E-state index is 0.0119. The molecule has 1 saturated heterocycles. The van der Waals surface area contributed by atoms with Gasteiger partial charge in [-0.1, -0.05) is 12.1 Å². The van der Waals surface area contributed by atoms with E-state index in [-0.39, 0.29) is 35.2 Å². The Morgan fingerprint density at radius 1 is 1.12 bits per heavy atom. The van der Waals surface area contributed by atoms with Gasteiger partial charge in [0.15, 0.2) is 0 Å². The lowest BCUT2D eigenvalue weighted by Crippen LogP contribution is -2.49. The zero-order valence-electron chi connectivity index (χ0n) is 13.9. The molecule has 8 heteroatoms. The van der Waals surface area contributed by atoms with E-state index in [1.807, 2.05) is 12.1 Å². The summed E-state index contributed by atoms with van der Waals surface area (Å²) in [6.45, 7) is 1.07. The number of aromatic nitrogens is 1. The van der Waals surface area contributed by atoms with Gasteiger partial charge < -0.3 is 4.90 Å². The summed E-state index contributed by atoms with van der Waals surface area (Å²) in [5.41, 5.74) is 1.30. The van der Waals surface area contributed by atoms with Crippen LogP contribution in [0.5, 0.6) is 0 Å². The van der Waals surface area contributed by atoms with Crippen LogP contribution in [0.2, 0.25) is 0 Å².